The molecule has 2 aromatic carbocycles. The van der Waals surface area contributed by atoms with Crippen LogP contribution < -0.4 is 10.1 Å². The van der Waals surface area contributed by atoms with Gasteiger partial charge in [-0.1, -0.05) is 31.2 Å². The number of hydrogen-bond acceptors (Lipinski definition) is 4. The first-order chi connectivity index (χ1) is 12.7. The number of hydrogen-bond donors (Lipinski definition) is 1. The largest absolute Gasteiger partial charge is 0.497 e. The molecular weight excluding hydrogens is 328 g/mol. The van der Waals surface area contributed by atoms with E-state index in [2.05, 4.69) is 5.32 Å². The summed E-state index contributed by atoms with van der Waals surface area (Å²) in [6.45, 7) is 1.97. The van der Waals surface area contributed by atoms with E-state index in [4.69, 9.17) is 9.15 Å². The molecule has 1 heterocycles. The van der Waals surface area contributed by atoms with Gasteiger partial charge in [0.15, 0.2) is 0 Å². The molecule has 1 amide bonds. The molecule has 0 aliphatic carbocycles. The molecule has 130 valence electrons. The highest BCUT2D eigenvalue weighted by molar-refractivity contribution is 6.10. The Morgan fingerprint density at radius 2 is 2.08 bits per heavy atom. The molecule has 3 aromatic rings. The Labute approximate surface area is 151 Å². The molecule has 5 nitrogen and oxygen atoms in total. The van der Waals surface area contributed by atoms with Gasteiger partial charge in [-0.3, -0.25) is 4.79 Å². The molecule has 0 aliphatic heterocycles. The third-order valence-corrected chi connectivity index (χ3v) is 4.01. The molecule has 0 aliphatic rings. The number of amides is 1. The maximum absolute atomic E-state index is 12.5. The van der Waals surface area contributed by atoms with E-state index in [1.165, 1.54) is 0 Å². The van der Waals surface area contributed by atoms with E-state index in [9.17, 15) is 10.1 Å². The number of ether oxygens (including phenoxy) is 1. The van der Waals surface area contributed by atoms with Crippen LogP contribution in [0.3, 0.4) is 0 Å². The zero-order valence-corrected chi connectivity index (χ0v) is 14.6. The number of benzene rings is 2. The number of carbonyl (C=O) groups excluding carboxylic acids is 1. The number of nitrogens with zero attached hydrogens (tertiary/aromatic N) is 1. The quantitative estimate of drug-likeness (QED) is 0.543. The summed E-state index contributed by atoms with van der Waals surface area (Å²) in [4.78, 5) is 12.5. The summed E-state index contributed by atoms with van der Waals surface area (Å²) in [5, 5.41) is 13.1. The summed E-state index contributed by atoms with van der Waals surface area (Å²) >= 11 is 0. The summed E-state index contributed by atoms with van der Waals surface area (Å²) < 4.78 is 11.0. The molecule has 0 radical (unpaired) electrons. The monoisotopic (exact) mass is 346 g/mol. The average Bonchev–Trinajstić information content (AvgIpc) is 3.03. The van der Waals surface area contributed by atoms with E-state index < -0.39 is 5.91 Å². The van der Waals surface area contributed by atoms with Crippen molar-refractivity contribution < 1.29 is 13.9 Å². The Bertz CT molecular complexity index is 1030. The van der Waals surface area contributed by atoms with Crippen LogP contribution >= 0.6 is 0 Å². The highest BCUT2D eigenvalue weighted by Crippen LogP contribution is 2.28. The Balaban J connectivity index is 1.96. The first-order valence-corrected chi connectivity index (χ1v) is 8.24. The third kappa shape index (κ3) is 3.45. The fourth-order valence-corrected chi connectivity index (χ4v) is 2.73. The topological polar surface area (TPSA) is 75.3 Å². The number of carbonyl (C=O) groups is 1. The van der Waals surface area contributed by atoms with Crippen LogP contribution in [0, 0.1) is 11.3 Å². The Morgan fingerprint density at radius 3 is 2.81 bits per heavy atom. The molecule has 5 heteroatoms. The van der Waals surface area contributed by atoms with Gasteiger partial charge in [-0.25, -0.2) is 0 Å². The molecule has 0 saturated heterocycles. The first kappa shape index (κ1) is 17.3. The minimum absolute atomic E-state index is 0.00840. The highest BCUT2D eigenvalue weighted by Gasteiger charge is 2.15. The lowest BCUT2D eigenvalue weighted by atomic mass is 10.1. The fourth-order valence-electron chi connectivity index (χ4n) is 2.73. The number of nitrogens with one attached hydrogen (secondary N) is 1. The van der Waals surface area contributed by atoms with Crippen molar-refractivity contribution in [3.05, 3.63) is 65.4 Å². The van der Waals surface area contributed by atoms with Crippen LogP contribution in [0.1, 0.15) is 18.2 Å². The number of nitriles is 1. The molecule has 0 saturated carbocycles. The van der Waals surface area contributed by atoms with Gasteiger partial charge in [0.1, 0.15) is 28.7 Å². The lowest BCUT2D eigenvalue weighted by Gasteiger charge is -2.06. The molecule has 3 rings (SSSR count). The van der Waals surface area contributed by atoms with E-state index in [0.29, 0.717) is 17.9 Å². The van der Waals surface area contributed by atoms with Crippen LogP contribution in [0.15, 0.2) is 58.5 Å². The van der Waals surface area contributed by atoms with Gasteiger partial charge < -0.3 is 14.5 Å². The second kappa shape index (κ2) is 7.58. The normalized spacial score (nSPS) is 11.2. The van der Waals surface area contributed by atoms with Crippen molar-refractivity contribution in [2.75, 3.05) is 12.4 Å². The third-order valence-electron chi connectivity index (χ3n) is 4.01. The molecule has 0 bridgehead atoms. The Morgan fingerprint density at radius 1 is 1.27 bits per heavy atom. The smallest absolute Gasteiger partial charge is 0.266 e. The Kier molecular flexibility index (Phi) is 5.04. The predicted molar refractivity (Wildman–Crippen MR) is 101 cm³/mol. The highest BCUT2D eigenvalue weighted by atomic mass is 16.5. The maximum Gasteiger partial charge on any atom is 0.266 e. The standard InChI is InChI=1S/C21H18N2O3/c1-3-19-18(17-9-4-5-10-20(17)26-19)11-14(13-22)21(24)23-15-7-6-8-16(12-15)25-2/h4-12H,3H2,1-2H3,(H,23,24)/b14-11+. The van der Waals surface area contributed by atoms with Crippen LogP contribution in [0.5, 0.6) is 5.75 Å². The first-order valence-electron chi connectivity index (χ1n) is 8.24. The number of aryl methyl sites for hydroxylation is 1. The van der Waals surface area contributed by atoms with E-state index in [0.717, 1.165) is 22.3 Å². The van der Waals surface area contributed by atoms with Crippen molar-refractivity contribution >= 4 is 28.6 Å². The zero-order chi connectivity index (χ0) is 18.5. The second-order valence-corrected chi connectivity index (χ2v) is 5.64. The molecule has 0 atom stereocenters. The van der Waals surface area contributed by atoms with Crippen molar-refractivity contribution in [3.8, 4) is 11.8 Å². The lowest BCUT2D eigenvalue weighted by Crippen LogP contribution is -2.13. The molecule has 1 aromatic heterocycles. The molecule has 26 heavy (non-hydrogen) atoms. The minimum atomic E-state index is -0.479. The lowest BCUT2D eigenvalue weighted by molar-refractivity contribution is -0.112. The average molecular weight is 346 g/mol. The molecule has 1 N–H and O–H groups in total. The predicted octanol–water partition coefficient (Wildman–Crippen LogP) is 4.55. The zero-order valence-electron chi connectivity index (χ0n) is 14.6. The number of para-hydroxylation sites is 1. The van der Waals surface area contributed by atoms with Crippen LogP contribution in [-0.2, 0) is 11.2 Å². The van der Waals surface area contributed by atoms with Crippen LogP contribution in [0.2, 0.25) is 0 Å². The van der Waals surface area contributed by atoms with Crippen LogP contribution in [-0.4, -0.2) is 13.0 Å². The molecule has 0 spiro atoms. The fraction of sp³-hybridized carbons (Fsp3) is 0.143. The molecule has 0 unspecified atom stereocenters. The summed E-state index contributed by atoms with van der Waals surface area (Å²) in [6, 6.07) is 16.5. The Hall–Kier alpha value is -3.52. The number of furan rings is 1. The SMILES string of the molecule is CCc1oc2ccccc2c1/C=C(\C#N)C(=O)Nc1cccc(OC)c1. The van der Waals surface area contributed by atoms with Gasteiger partial charge in [0.2, 0.25) is 0 Å². The van der Waals surface area contributed by atoms with Crippen molar-refractivity contribution in [1.29, 1.82) is 5.26 Å². The summed E-state index contributed by atoms with van der Waals surface area (Å²) in [6.07, 6.45) is 2.25. The van der Waals surface area contributed by atoms with Crippen molar-refractivity contribution in [3.63, 3.8) is 0 Å². The minimum Gasteiger partial charge on any atom is -0.497 e. The van der Waals surface area contributed by atoms with Gasteiger partial charge in [-0.2, -0.15) is 5.26 Å². The summed E-state index contributed by atoms with van der Waals surface area (Å²) in [5.41, 5.74) is 2.07. The van der Waals surface area contributed by atoms with Gasteiger partial charge in [-0.05, 0) is 24.3 Å². The number of methoxy groups -OCH3 is 1. The van der Waals surface area contributed by atoms with Crippen molar-refractivity contribution in [1.82, 2.24) is 0 Å². The van der Waals surface area contributed by atoms with Crippen molar-refractivity contribution in [2.24, 2.45) is 0 Å². The number of anilines is 1. The van der Waals surface area contributed by atoms with Crippen LogP contribution in [0.25, 0.3) is 17.0 Å². The van der Waals surface area contributed by atoms with E-state index in [1.54, 1.807) is 37.5 Å². The van der Waals surface area contributed by atoms with Crippen molar-refractivity contribution in [2.45, 2.75) is 13.3 Å². The van der Waals surface area contributed by atoms with E-state index in [1.807, 2.05) is 37.3 Å². The van der Waals surface area contributed by atoms with Gasteiger partial charge in [0.25, 0.3) is 5.91 Å². The van der Waals surface area contributed by atoms with E-state index in [-0.39, 0.29) is 5.57 Å². The number of fused-ring (bicyclic) bond motifs is 1. The molecule has 0 fully saturated rings. The summed E-state index contributed by atoms with van der Waals surface area (Å²) in [5.74, 6) is 0.889. The van der Waals surface area contributed by atoms with Gasteiger partial charge in [0.05, 0.1) is 7.11 Å². The maximum atomic E-state index is 12.5. The second-order valence-electron chi connectivity index (χ2n) is 5.64. The summed E-state index contributed by atoms with van der Waals surface area (Å²) in [7, 11) is 1.55. The van der Waals surface area contributed by atoms with Crippen LogP contribution in [0.4, 0.5) is 5.69 Å². The molecular formula is C21H18N2O3. The van der Waals surface area contributed by atoms with Gasteiger partial charge >= 0.3 is 0 Å². The van der Waals surface area contributed by atoms with Gasteiger partial charge in [-0.15, -0.1) is 0 Å². The van der Waals surface area contributed by atoms with E-state index >= 15 is 0 Å². The number of rotatable bonds is 5. The van der Waals surface area contributed by atoms with Gasteiger partial charge in [0, 0.05) is 29.1 Å².